The molecule has 78 valence electrons. The van der Waals surface area contributed by atoms with E-state index in [0.29, 0.717) is 5.69 Å². The van der Waals surface area contributed by atoms with Gasteiger partial charge in [-0.15, -0.1) is 22.9 Å². The molecule has 0 fully saturated rings. The number of ketones is 1. The van der Waals surface area contributed by atoms with E-state index in [1.165, 1.54) is 16.9 Å². The van der Waals surface area contributed by atoms with Crippen molar-refractivity contribution in [3.63, 3.8) is 0 Å². The molecule has 2 nitrogen and oxygen atoms in total. The van der Waals surface area contributed by atoms with Crippen LogP contribution in [0.25, 0.3) is 10.6 Å². The quantitative estimate of drug-likeness (QED) is 0.621. The first kappa shape index (κ1) is 10.8. The number of hydrogen-bond acceptors (Lipinski definition) is 4. The van der Waals surface area contributed by atoms with Crippen molar-refractivity contribution in [3.05, 3.63) is 27.4 Å². The summed E-state index contributed by atoms with van der Waals surface area (Å²) in [7, 11) is 0. The maximum Gasteiger partial charge on any atom is 0.196 e. The molecular weight excluding hydrogens is 250 g/mol. The first-order valence-corrected chi connectivity index (χ1v) is 6.66. The molecule has 0 bridgehead atoms. The smallest absolute Gasteiger partial charge is 0.196 e. The highest BCUT2D eigenvalue weighted by Crippen LogP contribution is 2.29. The SMILES string of the molecule is Cc1cscc1-c1nc(C(=O)CCl)cs1. The van der Waals surface area contributed by atoms with Crippen molar-refractivity contribution in [2.75, 3.05) is 5.88 Å². The topological polar surface area (TPSA) is 30.0 Å². The summed E-state index contributed by atoms with van der Waals surface area (Å²) in [6, 6.07) is 0. The van der Waals surface area contributed by atoms with Crippen molar-refractivity contribution in [1.82, 2.24) is 4.98 Å². The number of hydrogen-bond donors (Lipinski definition) is 0. The van der Waals surface area contributed by atoms with Gasteiger partial charge < -0.3 is 0 Å². The van der Waals surface area contributed by atoms with E-state index in [-0.39, 0.29) is 11.7 Å². The zero-order chi connectivity index (χ0) is 10.8. The summed E-state index contributed by atoms with van der Waals surface area (Å²) in [6.07, 6.45) is 0. The third-order valence-electron chi connectivity index (χ3n) is 2.00. The summed E-state index contributed by atoms with van der Waals surface area (Å²) in [5.41, 5.74) is 2.77. The van der Waals surface area contributed by atoms with Crippen molar-refractivity contribution in [1.29, 1.82) is 0 Å². The Kier molecular flexibility index (Phi) is 3.19. The van der Waals surface area contributed by atoms with E-state index in [2.05, 4.69) is 10.4 Å². The van der Waals surface area contributed by atoms with Crippen molar-refractivity contribution >= 4 is 40.1 Å². The molecule has 0 N–H and O–H groups in total. The summed E-state index contributed by atoms with van der Waals surface area (Å²) in [4.78, 5) is 15.6. The molecule has 2 heterocycles. The van der Waals surface area contributed by atoms with Gasteiger partial charge in [0.15, 0.2) is 5.78 Å². The Balaban J connectivity index is 2.36. The van der Waals surface area contributed by atoms with Gasteiger partial charge >= 0.3 is 0 Å². The molecular formula is C10H8ClNOS2. The Hall–Kier alpha value is -0.710. The molecule has 0 aliphatic carbocycles. The molecule has 15 heavy (non-hydrogen) atoms. The van der Waals surface area contributed by atoms with Gasteiger partial charge in [0.05, 0.1) is 5.88 Å². The second-order valence-corrected chi connectivity index (χ2v) is 4.93. The first-order chi connectivity index (χ1) is 7.22. The second kappa shape index (κ2) is 4.43. The Labute approximate surface area is 101 Å². The van der Waals surface area contributed by atoms with Crippen LogP contribution in [0.15, 0.2) is 16.1 Å². The van der Waals surface area contributed by atoms with E-state index in [0.717, 1.165) is 10.6 Å². The summed E-state index contributed by atoms with van der Waals surface area (Å²) >= 11 is 8.59. The van der Waals surface area contributed by atoms with Gasteiger partial charge in [0.1, 0.15) is 10.7 Å². The van der Waals surface area contributed by atoms with Crippen LogP contribution in [0.3, 0.4) is 0 Å². The van der Waals surface area contributed by atoms with E-state index in [1.807, 2.05) is 12.3 Å². The molecule has 0 spiro atoms. The third-order valence-corrected chi connectivity index (χ3v) is 3.98. The highest BCUT2D eigenvalue weighted by Gasteiger charge is 2.12. The molecule has 0 radical (unpaired) electrons. The number of Topliss-reactive ketones (excluding diaryl/α,β-unsaturated/α-hetero) is 1. The van der Waals surface area contributed by atoms with Gasteiger partial charge in [0, 0.05) is 16.3 Å². The molecule has 0 unspecified atom stereocenters. The van der Waals surface area contributed by atoms with Crippen LogP contribution in [0.1, 0.15) is 16.1 Å². The zero-order valence-electron chi connectivity index (χ0n) is 7.99. The molecule has 2 rings (SSSR count). The van der Waals surface area contributed by atoms with Gasteiger partial charge in [-0.3, -0.25) is 4.79 Å². The zero-order valence-corrected chi connectivity index (χ0v) is 10.4. The van der Waals surface area contributed by atoms with Crippen LogP contribution >= 0.6 is 34.3 Å². The highest BCUT2D eigenvalue weighted by molar-refractivity contribution is 7.14. The van der Waals surface area contributed by atoms with Gasteiger partial charge in [0.2, 0.25) is 0 Å². The van der Waals surface area contributed by atoms with E-state index in [1.54, 1.807) is 16.7 Å². The number of aryl methyl sites for hydroxylation is 1. The molecule has 0 aliphatic rings. The lowest BCUT2D eigenvalue weighted by Crippen LogP contribution is -1.99. The highest BCUT2D eigenvalue weighted by atomic mass is 35.5. The Morgan fingerprint density at radius 3 is 2.87 bits per heavy atom. The number of thiazole rings is 1. The lowest BCUT2D eigenvalue weighted by molar-refractivity contribution is 0.101. The van der Waals surface area contributed by atoms with Crippen molar-refractivity contribution in [2.24, 2.45) is 0 Å². The number of halogens is 1. The second-order valence-electron chi connectivity index (χ2n) is 3.06. The van der Waals surface area contributed by atoms with Crippen molar-refractivity contribution in [2.45, 2.75) is 6.92 Å². The number of alkyl halides is 1. The molecule has 2 aromatic rings. The van der Waals surface area contributed by atoms with Crippen molar-refractivity contribution in [3.8, 4) is 10.6 Å². The van der Waals surface area contributed by atoms with Crippen LogP contribution in [0, 0.1) is 6.92 Å². The molecule has 0 aromatic carbocycles. The Morgan fingerprint density at radius 1 is 1.47 bits per heavy atom. The summed E-state index contributed by atoms with van der Waals surface area (Å²) in [5, 5.41) is 6.77. The van der Waals surface area contributed by atoms with Crippen LogP contribution in [-0.2, 0) is 0 Å². The van der Waals surface area contributed by atoms with Crippen LogP contribution in [0.4, 0.5) is 0 Å². The molecule has 0 saturated heterocycles. The molecule has 0 saturated carbocycles. The molecule has 2 aromatic heterocycles. The molecule has 0 aliphatic heterocycles. The van der Waals surface area contributed by atoms with Crippen molar-refractivity contribution < 1.29 is 4.79 Å². The fourth-order valence-electron chi connectivity index (χ4n) is 1.17. The van der Waals surface area contributed by atoms with Crippen LogP contribution < -0.4 is 0 Å². The fraction of sp³-hybridized carbons (Fsp3) is 0.200. The minimum absolute atomic E-state index is 0.00814. The minimum atomic E-state index is -0.118. The molecule has 5 heteroatoms. The van der Waals surface area contributed by atoms with E-state index in [4.69, 9.17) is 11.6 Å². The summed E-state index contributed by atoms with van der Waals surface area (Å²) in [5.74, 6) is -0.127. The number of thiophene rings is 1. The van der Waals surface area contributed by atoms with Gasteiger partial charge in [-0.1, -0.05) is 0 Å². The van der Waals surface area contributed by atoms with Gasteiger partial charge in [-0.2, -0.15) is 11.3 Å². The number of nitrogens with zero attached hydrogens (tertiary/aromatic N) is 1. The van der Waals surface area contributed by atoms with E-state index >= 15 is 0 Å². The maximum atomic E-state index is 11.3. The van der Waals surface area contributed by atoms with E-state index < -0.39 is 0 Å². The van der Waals surface area contributed by atoms with Crippen LogP contribution in [0.2, 0.25) is 0 Å². The predicted molar refractivity (Wildman–Crippen MR) is 65.2 cm³/mol. The Bertz CT molecular complexity index is 489. The Morgan fingerprint density at radius 2 is 2.27 bits per heavy atom. The predicted octanol–water partition coefficient (Wildman–Crippen LogP) is 3.60. The maximum absolute atomic E-state index is 11.3. The number of carbonyl (C=O) groups excluding carboxylic acids is 1. The normalized spacial score (nSPS) is 10.5. The number of rotatable bonds is 3. The molecule has 0 atom stereocenters. The van der Waals surface area contributed by atoms with Gasteiger partial charge in [-0.05, 0) is 17.9 Å². The summed E-state index contributed by atoms with van der Waals surface area (Å²) < 4.78 is 0. The average molecular weight is 258 g/mol. The average Bonchev–Trinajstić information content (AvgIpc) is 2.84. The van der Waals surface area contributed by atoms with Crippen LogP contribution in [-0.4, -0.2) is 16.6 Å². The third kappa shape index (κ3) is 2.12. The number of aromatic nitrogens is 1. The fourth-order valence-corrected chi connectivity index (χ4v) is 3.12. The van der Waals surface area contributed by atoms with Gasteiger partial charge in [0.25, 0.3) is 0 Å². The lowest BCUT2D eigenvalue weighted by Gasteiger charge is -1.92. The largest absolute Gasteiger partial charge is 0.291 e. The lowest BCUT2D eigenvalue weighted by atomic mass is 10.2. The van der Waals surface area contributed by atoms with Crippen LogP contribution in [0.5, 0.6) is 0 Å². The first-order valence-electron chi connectivity index (χ1n) is 4.30. The summed E-state index contributed by atoms with van der Waals surface area (Å²) in [6.45, 7) is 2.04. The monoisotopic (exact) mass is 257 g/mol. The standard InChI is InChI=1S/C10H8ClNOS2/c1-6-3-14-4-7(6)10-12-8(5-15-10)9(13)2-11/h3-5H,2H2,1H3. The number of carbonyl (C=O) groups is 1. The van der Waals surface area contributed by atoms with E-state index in [9.17, 15) is 4.79 Å². The molecule has 0 amide bonds. The minimum Gasteiger partial charge on any atom is -0.291 e. The van der Waals surface area contributed by atoms with Gasteiger partial charge in [-0.25, -0.2) is 4.98 Å².